The third-order valence-corrected chi connectivity index (χ3v) is 7.03. The van der Waals surface area contributed by atoms with Crippen molar-refractivity contribution in [1.82, 2.24) is 10.3 Å². The van der Waals surface area contributed by atoms with E-state index in [4.69, 9.17) is 4.74 Å². The van der Waals surface area contributed by atoms with Gasteiger partial charge >= 0.3 is 12.0 Å². The number of hydrogen-bond donors (Lipinski definition) is 5. The molecule has 4 rings (SSSR count). The Hall–Kier alpha value is -5.23. The van der Waals surface area contributed by atoms with E-state index < -0.39 is 18.0 Å². The van der Waals surface area contributed by atoms with Crippen molar-refractivity contribution in [3.8, 4) is 5.75 Å². The predicted molar refractivity (Wildman–Crippen MR) is 160 cm³/mol. The summed E-state index contributed by atoms with van der Waals surface area (Å²) in [6.45, 7) is 1.89. The number of carbonyl (C=O) groups is 4. The standard InChI is InChI=1S/C30H29N5O6S/c1-18-6-3-4-7-21(18)33-30(40)34-22-11-9-19(14-24(22)41-2)15-27(36)35-26-12-10-20(17-31-26)23(16-28(37)38)32-29(39)25-8-5-13-42-25/h3-14,17,23H,15-16H2,1-2H3,(H,32,39)(H,37,38)(H,31,35,36)(H2,33,34,40). The van der Waals surface area contributed by atoms with Gasteiger partial charge in [-0.25, -0.2) is 9.78 Å². The molecule has 0 spiro atoms. The SMILES string of the molecule is COc1cc(CC(=O)Nc2ccc(C(CC(=O)O)NC(=O)c3cccs3)cn2)ccc1NC(=O)Nc1ccccc1C. The molecule has 11 nitrogen and oxygen atoms in total. The summed E-state index contributed by atoms with van der Waals surface area (Å²) in [6, 6.07) is 17.7. The molecule has 42 heavy (non-hydrogen) atoms. The molecule has 0 aliphatic rings. The lowest BCUT2D eigenvalue weighted by molar-refractivity contribution is -0.137. The van der Waals surface area contributed by atoms with E-state index in [1.54, 1.807) is 53.9 Å². The van der Waals surface area contributed by atoms with Crippen molar-refractivity contribution in [3.63, 3.8) is 0 Å². The average molecular weight is 588 g/mol. The number of aromatic nitrogens is 1. The van der Waals surface area contributed by atoms with Crippen LogP contribution in [-0.2, 0) is 16.0 Å². The number of carboxylic acids is 1. The minimum absolute atomic E-state index is 0.00792. The number of ether oxygens (including phenoxy) is 1. The summed E-state index contributed by atoms with van der Waals surface area (Å²) in [5.41, 5.74) is 3.17. The first-order valence-corrected chi connectivity index (χ1v) is 13.7. The van der Waals surface area contributed by atoms with Gasteiger partial charge in [0.15, 0.2) is 0 Å². The van der Waals surface area contributed by atoms with Crippen molar-refractivity contribution in [3.05, 3.63) is 99.9 Å². The highest BCUT2D eigenvalue weighted by Gasteiger charge is 2.20. The third-order valence-electron chi connectivity index (χ3n) is 6.16. The first-order valence-electron chi connectivity index (χ1n) is 12.8. The topological polar surface area (TPSA) is 159 Å². The lowest BCUT2D eigenvalue weighted by atomic mass is 10.1. The fourth-order valence-corrected chi connectivity index (χ4v) is 4.69. The maximum absolute atomic E-state index is 12.7. The zero-order valence-electron chi connectivity index (χ0n) is 22.8. The smallest absolute Gasteiger partial charge is 0.323 e. The molecule has 4 aromatic rings. The fourth-order valence-electron chi connectivity index (χ4n) is 4.06. The summed E-state index contributed by atoms with van der Waals surface area (Å²) in [5, 5.41) is 22.0. The summed E-state index contributed by atoms with van der Waals surface area (Å²) < 4.78 is 5.42. The lowest BCUT2D eigenvalue weighted by Gasteiger charge is -2.17. The molecule has 0 saturated heterocycles. The van der Waals surface area contributed by atoms with Crippen molar-refractivity contribution in [2.75, 3.05) is 23.1 Å². The van der Waals surface area contributed by atoms with Crippen LogP contribution >= 0.6 is 11.3 Å². The van der Waals surface area contributed by atoms with Gasteiger partial charge in [0.2, 0.25) is 5.91 Å². The number of anilines is 3. The Labute approximate surface area is 246 Å². The third kappa shape index (κ3) is 8.15. The van der Waals surface area contributed by atoms with Crippen molar-refractivity contribution >= 4 is 52.3 Å². The Morgan fingerprint density at radius 2 is 1.74 bits per heavy atom. The molecule has 2 heterocycles. The highest BCUT2D eigenvalue weighted by molar-refractivity contribution is 7.12. The molecule has 0 aliphatic heterocycles. The first kappa shape index (κ1) is 29.7. The number of nitrogens with zero attached hydrogens (tertiary/aromatic N) is 1. The molecule has 0 bridgehead atoms. The number of carbonyl (C=O) groups excluding carboxylic acids is 3. The molecule has 0 radical (unpaired) electrons. The number of carboxylic acid groups (broad SMARTS) is 1. The van der Waals surface area contributed by atoms with Crippen LogP contribution in [0.15, 0.2) is 78.3 Å². The zero-order valence-corrected chi connectivity index (χ0v) is 23.7. The second-order valence-electron chi connectivity index (χ2n) is 9.23. The minimum atomic E-state index is -1.08. The molecular weight excluding hydrogens is 558 g/mol. The fraction of sp³-hybridized carbons (Fsp3) is 0.167. The summed E-state index contributed by atoms with van der Waals surface area (Å²) in [4.78, 5) is 53.7. The van der Waals surface area contributed by atoms with Gasteiger partial charge in [0.05, 0.1) is 36.6 Å². The molecule has 0 fully saturated rings. The van der Waals surface area contributed by atoms with E-state index in [9.17, 15) is 24.3 Å². The van der Waals surface area contributed by atoms with Gasteiger partial charge in [0.25, 0.3) is 5.91 Å². The first-order chi connectivity index (χ1) is 20.2. The van der Waals surface area contributed by atoms with Crippen LogP contribution in [0.25, 0.3) is 0 Å². The largest absolute Gasteiger partial charge is 0.495 e. The van der Waals surface area contributed by atoms with Gasteiger partial charge < -0.3 is 31.1 Å². The van der Waals surface area contributed by atoms with Crippen LogP contribution in [0.3, 0.4) is 0 Å². The number of benzene rings is 2. The minimum Gasteiger partial charge on any atom is -0.495 e. The second-order valence-corrected chi connectivity index (χ2v) is 10.2. The number of aliphatic carboxylic acids is 1. The van der Waals surface area contributed by atoms with Crippen LogP contribution in [0.1, 0.15) is 38.8 Å². The van der Waals surface area contributed by atoms with Gasteiger partial charge in [-0.1, -0.05) is 36.4 Å². The average Bonchev–Trinajstić information content (AvgIpc) is 3.50. The number of pyridine rings is 1. The maximum atomic E-state index is 12.7. The molecular formula is C30H29N5O6S. The Morgan fingerprint density at radius 3 is 2.40 bits per heavy atom. The Kier molecular flexibility index (Phi) is 9.85. The summed E-state index contributed by atoms with van der Waals surface area (Å²) in [7, 11) is 1.47. The summed E-state index contributed by atoms with van der Waals surface area (Å²) in [5.74, 6) is -1.15. The van der Waals surface area contributed by atoms with E-state index in [1.165, 1.54) is 24.6 Å². The number of hydrogen-bond acceptors (Lipinski definition) is 7. The van der Waals surface area contributed by atoms with Gasteiger partial charge in [-0.05, 0) is 59.3 Å². The van der Waals surface area contributed by atoms with E-state index >= 15 is 0 Å². The number of rotatable bonds is 11. The van der Waals surface area contributed by atoms with E-state index in [-0.39, 0.29) is 30.5 Å². The van der Waals surface area contributed by atoms with E-state index in [2.05, 4.69) is 26.3 Å². The van der Waals surface area contributed by atoms with E-state index in [0.717, 1.165) is 5.56 Å². The summed E-state index contributed by atoms with van der Waals surface area (Å²) in [6.07, 6.45) is 1.10. The van der Waals surface area contributed by atoms with Crippen LogP contribution in [-0.4, -0.2) is 41.0 Å². The number of thiophene rings is 1. The van der Waals surface area contributed by atoms with Crippen LogP contribution in [0.4, 0.5) is 22.0 Å². The second kappa shape index (κ2) is 13.9. The molecule has 2 aromatic heterocycles. The summed E-state index contributed by atoms with van der Waals surface area (Å²) >= 11 is 1.25. The molecule has 0 aliphatic carbocycles. The van der Waals surface area contributed by atoms with Gasteiger partial charge in [0.1, 0.15) is 11.6 Å². The van der Waals surface area contributed by atoms with Crippen molar-refractivity contribution in [2.45, 2.75) is 25.8 Å². The zero-order chi connectivity index (χ0) is 30.1. The number of aryl methyl sites for hydroxylation is 1. The molecule has 5 N–H and O–H groups in total. The predicted octanol–water partition coefficient (Wildman–Crippen LogP) is 5.23. The van der Waals surface area contributed by atoms with E-state index in [0.29, 0.717) is 33.1 Å². The molecule has 2 aromatic carbocycles. The number of nitrogens with one attached hydrogen (secondary N) is 4. The highest BCUT2D eigenvalue weighted by atomic mass is 32.1. The van der Waals surface area contributed by atoms with Crippen LogP contribution in [0.2, 0.25) is 0 Å². The molecule has 216 valence electrons. The molecule has 12 heteroatoms. The quantitative estimate of drug-likeness (QED) is 0.161. The van der Waals surface area contributed by atoms with Crippen molar-refractivity contribution < 1.29 is 29.0 Å². The molecule has 1 atom stereocenters. The Morgan fingerprint density at radius 1 is 0.952 bits per heavy atom. The van der Waals surface area contributed by atoms with Crippen LogP contribution < -0.4 is 26.0 Å². The van der Waals surface area contributed by atoms with Gasteiger partial charge in [-0.2, -0.15) is 0 Å². The molecule has 0 saturated carbocycles. The molecule has 4 amide bonds. The van der Waals surface area contributed by atoms with Gasteiger partial charge in [0, 0.05) is 11.9 Å². The van der Waals surface area contributed by atoms with Crippen LogP contribution in [0, 0.1) is 6.92 Å². The normalized spacial score (nSPS) is 11.2. The Bertz CT molecular complexity index is 1570. The van der Waals surface area contributed by atoms with Crippen molar-refractivity contribution in [2.24, 2.45) is 0 Å². The number of urea groups is 1. The maximum Gasteiger partial charge on any atom is 0.323 e. The van der Waals surface area contributed by atoms with Crippen LogP contribution in [0.5, 0.6) is 5.75 Å². The van der Waals surface area contributed by atoms with Gasteiger partial charge in [-0.15, -0.1) is 11.3 Å². The highest BCUT2D eigenvalue weighted by Crippen LogP contribution is 2.27. The Balaban J connectivity index is 1.36. The monoisotopic (exact) mass is 587 g/mol. The number of amides is 4. The lowest BCUT2D eigenvalue weighted by Crippen LogP contribution is -2.29. The number of methoxy groups -OCH3 is 1. The number of para-hydroxylation sites is 1. The van der Waals surface area contributed by atoms with E-state index in [1.807, 2.05) is 25.1 Å². The molecule has 1 unspecified atom stereocenters. The van der Waals surface area contributed by atoms with Gasteiger partial charge in [-0.3, -0.25) is 14.4 Å². The van der Waals surface area contributed by atoms with Crippen molar-refractivity contribution in [1.29, 1.82) is 0 Å².